The number of methoxy groups -OCH3 is 1. The lowest BCUT2D eigenvalue weighted by atomic mass is 10.1. The van der Waals surface area contributed by atoms with Crippen LogP contribution in [0.2, 0.25) is 0 Å². The minimum absolute atomic E-state index is 0.00795. The van der Waals surface area contributed by atoms with Crippen molar-refractivity contribution in [2.75, 3.05) is 13.7 Å². The predicted molar refractivity (Wildman–Crippen MR) is 74.8 cm³/mol. The molecule has 0 amide bonds. The number of esters is 1. The van der Waals surface area contributed by atoms with Crippen LogP contribution in [-0.2, 0) is 4.74 Å². The van der Waals surface area contributed by atoms with Crippen molar-refractivity contribution in [2.24, 2.45) is 0 Å². The van der Waals surface area contributed by atoms with E-state index in [2.05, 4.69) is 20.9 Å². The summed E-state index contributed by atoms with van der Waals surface area (Å²) < 4.78 is 10.6. The number of benzene rings is 1. The fraction of sp³-hybridized carbons (Fsp3) is 0.231. The van der Waals surface area contributed by atoms with Gasteiger partial charge in [0, 0.05) is 17.6 Å². The average Bonchev–Trinajstić information content (AvgIpc) is 2.39. The van der Waals surface area contributed by atoms with Crippen LogP contribution in [0.3, 0.4) is 0 Å². The second-order valence-electron chi connectivity index (χ2n) is 3.78. The molecular weight excluding hydrogens is 314 g/mol. The van der Waals surface area contributed by atoms with Crippen molar-refractivity contribution in [1.82, 2.24) is 4.98 Å². The van der Waals surface area contributed by atoms with Crippen LogP contribution < -0.4 is 10.2 Å². The highest BCUT2D eigenvalue weighted by atomic mass is 79.9. The van der Waals surface area contributed by atoms with Gasteiger partial charge in [-0.15, -0.1) is 0 Å². The molecule has 100 valence electrons. The highest BCUT2D eigenvalue weighted by Crippen LogP contribution is 2.28. The maximum absolute atomic E-state index is 12.2. The van der Waals surface area contributed by atoms with E-state index in [0.717, 1.165) is 0 Å². The standard InChI is InChI=1S/C13H12BrNO4/c1-3-19-13(17)8-6-15-10-5-11(18-2)9(14)4-7(10)12(8)16/h4-6H,3H2,1-2H3,(H,15,16). The predicted octanol–water partition coefficient (Wildman–Crippen LogP) is 2.48. The van der Waals surface area contributed by atoms with E-state index < -0.39 is 5.97 Å². The Hall–Kier alpha value is -1.82. The molecule has 1 heterocycles. The van der Waals surface area contributed by atoms with E-state index in [-0.39, 0.29) is 17.6 Å². The number of rotatable bonds is 3. The number of aromatic nitrogens is 1. The fourth-order valence-corrected chi connectivity index (χ4v) is 2.24. The van der Waals surface area contributed by atoms with E-state index in [9.17, 15) is 9.59 Å². The van der Waals surface area contributed by atoms with Gasteiger partial charge in [0.05, 0.1) is 23.7 Å². The van der Waals surface area contributed by atoms with Crippen molar-refractivity contribution in [1.29, 1.82) is 0 Å². The van der Waals surface area contributed by atoms with Crippen molar-refractivity contribution in [3.63, 3.8) is 0 Å². The van der Waals surface area contributed by atoms with E-state index in [4.69, 9.17) is 9.47 Å². The summed E-state index contributed by atoms with van der Waals surface area (Å²) >= 11 is 3.31. The highest BCUT2D eigenvalue weighted by molar-refractivity contribution is 9.10. The van der Waals surface area contributed by atoms with Crippen LogP contribution in [0, 0.1) is 0 Å². The maximum Gasteiger partial charge on any atom is 0.343 e. The van der Waals surface area contributed by atoms with Gasteiger partial charge in [-0.1, -0.05) is 0 Å². The Bertz CT molecular complexity index is 693. The third-order valence-corrected chi connectivity index (χ3v) is 3.27. The normalized spacial score (nSPS) is 10.5. The number of halogens is 1. The van der Waals surface area contributed by atoms with Gasteiger partial charge in [-0.05, 0) is 28.9 Å². The summed E-state index contributed by atoms with van der Waals surface area (Å²) in [6.45, 7) is 1.91. The molecule has 5 nitrogen and oxygen atoms in total. The molecule has 0 saturated heterocycles. The fourth-order valence-electron chi connectivity index (χ4n) is 1.74. The van der Waals surface area contributed by atoms with Gasteiger partial charge in [-0.3, -0.25) is 4.79 Å². The smallest absolute Gasteiger partial charge is 0.343 e. The summed E-state index contributed by atoms with van der Waals surface area (Å²) in [7, 11) is 1.54. The van der Waals surface area contributed by atoms with Crippen molar-refractivity contribution in [3.05, 3.63) is 38.6 Å². The first kappa shape index (κ1) is 13.6. The molecular formula is C13H12BrNO4. The third-order valence-electron chi connectivity index (χ3n) is 2.65. The van der Waals surface area contributed by atoms with Crippen molar-refractivity contribution in [3.8, 4) is 5.75 Å². The van der Waals surface area contributed by atoms with Gasteiger partial charge in [0.1, 0.15) is 11.3 Å². The van der Waals surface area contributed by atoms with Gasteiger partial charge < -0.3 is 14.5 Å². The molecule has 0 bridgehead atoms. The van der Waals surface area contributed by atoms with Crippen LogP contribution in [0.4, 0.5) is 0 Å². The topological polar surface area (TPSA) is 68.4 Å². The Balaban J connectivity index is 2.65. The molecule has 0 aliphatic heterocycles. The first-order valence-corrected chi connectivity index (χ1v) is 6.43. The monoisotopic (exact) mass is 325 g/mol. The zero-order valence-corrected chi connectivity index (χ0v) is 12.0. The number of carbonyl (C=O) groups is 1. The molecule has 0 unspecified atom stereocenters. The number of hydrogen-bond donors (Lipinski definition) is 1. The molecule has 19 heavy (non-hydrogen) atoms. The number of H-pyrrole nitrogens is 1. The molecule has 2 aromatic rings. The van der Waals surface area contributed by atoms with Crippen LogP contribution >= 0.6 is 15.9 Å². The Kier molecular flexibility index (Phi) is 3.90. The summed E-state index contributed by atoms with van der Waals surface area (Å²) in [5.41, 5.74) is 0.222. The number of pyridine rings is 1. The highest BCUT2D eigenvalue weighted by Gasteiger charge is 2.15. The summed E-state index contributed by atoms with van der Waals surface area (Å²) in [5.74, 6) is -0.0235. The van der Waals surface area contributed by atoms with Crippen LogP contribution in [0.5, 0.6) is 5.75 Å². The van der Waals surface area contributed by atoms with Crippen LogP contribution in [0.25, 0.3) is 10.9 Å². The molecule has 0 radical (unpaired) electrons. The molecule has 0 aliphatic carbocycles. The SMILES string of the molecule is CCOC(=O)c1c[nH]c2cc(OC)c(Br)cc2c1=O. The number of fused-ring (bicyclic) bond motifs is 1. The number of hydrogen-bond acceptors (Lipinski definition) is 4. The summed E-state index contributed by atoms with van der Waals surface area (Å²) in [6, 6.07) is 3.31. The summed E-state index contributed by atoms with van der Waals surface area (Å²) in [5, 5.41) is 0.401. The van der Waals surface area contributed by atoms with Crippen LogP contribution in [-0.4, -0.2) is 24.7 Å². The molecule has 1 N–H and O–H groups in total. The Morgan fingerprint density at radius 2 is 2.16 bits per heavy atom. The van der Waals surface area contributed by atoms with Gasteiger partial charge in [-0.25, -0.2) is 4.79 Å². The molecule has 2 rings (SSSR count). The zero-order valence-electron chi connectivity index (χ0n) is 10.5. The number of ether oxygens (including phenoxy) is 2. The molecule has 1 aromatic carbocycles. The second-order valence-corrected chi connectivity index (χ2v) is 4.64. The van der Waals surface area contributed by atoms with Crippen molar-refractivity contribution >= 4 is 32.8 Å². The van der Waals surface area contributed by atoms with Gasteiger partial charge in [0.2, 0.25) is 5.43 Å². The van der Waals surface area contributed by atoms with Gasteiger partial charge in [0.15, 0.2) is 0 Å². The largest absolute Gasteiger partial charge is 0.495 e. The van der Waals surface area contributed by atoms with E-state index in [1.165, 1.54) is 13.3 Å². The van der Waals surface area contributed by atoms with Gasteiger partial charge in [0.25, 0.3) is 0 Å². The van der Waals surface area contributed by atoms with Crippen molar-refractivity contribution in [2.45, 2.75) is 6.92 Å². The molecule has 0 aliphatic rings. The average molecular weight is 326 g/mol. The van der Waals surface area contributed by atoms with E-state index in [1.807, 2.05) is 0 Å². The van der Waals surface area contributed by atoms with Crippen LogP contribution in [0.1, 0.15) is 17.3 Å². The third kappa shape index (κ3) is 2.49. The number of nitrogens with one attached hydrogen (secondary N) is 1. The molecule has 1 aromatic heterocycles. The van der Waals surface area contributed by atoms with E-state index in [1.54, 1.807) is 19.1 Å². The first-order chi connectivity index (χ1) is 9.08. The molecule has 0 fully saturated rings. The van der Waals surface area contributed by atoms with Crippen molar-refractivity contribution < 1.29 is 14.3 Å². The van der Waals surface area contributed by atoms with E-state index >= 15 is 0 Å². The summed E-state index contributed by atoms with van der Waals surface area (Å²) in [4.78, 5) is 26.8. The quantitative estimate of drug-likeness (QED) is 0.880. The molecule has 0 atom stereocenters. The lowest BCUT2D eigenvalue weighted by molar-refractivity contribution is 0.0524. The summed E-state index contributed by atoms with van der Waals surface area (Å²) in [6.07, 6.45) is 1.36. The molecule has 6 heteroatoms. The minimum atomic E-state index is -0.627. The Morgan fingerprint density at radius 3 is 2.79 bits per heavy atom. The Labute approximate surface area is 117 Å². The first-order valence-electron chi connectivity index (χ1n) is 5.64. The molecule has 0 spiro atoms. The lowest BCUT2D eigenvalue weighted by Gasteiger charge is -2.07. The molecule has 0 saturated carbocycles. The van der Waals surface area contributed by atoms with Gasteiger partial charge in [-0.2, -0.15) is 0 Å². The number of carbonyl (C=O) groups excluding carboxylic acids is 1. The maximum atomic E-state index is 12.2. The number of aromatic amines is 1. The lowest BCUT2D eigenvalue weighted by Crippen LogP contribution is -2.18. The van der Waals surface area contributed by atoms with E-state index in [0.29, 0.717) is 21.1 Å². The minimum Gasteiger partial charge on any atom is -0.495 e. The second kappa shape index (κ2) is 5.44. The van der Waals surface area contributed by atoms with Crippen LogP contribution in [0.15, 0.2) is 27.6 Å². The zero-order chi connectivity index (χ0) is 14.0. The van der Waals surface area contributed by atoms with Gasteiger partial charge >= 0.3 is 5.97 Å². The Morgan fingerprint density at radius 1 is 1.42 bits per heavy atom.